The number of hydrogen-bond donors (Lipinski definition) is 0. The van der Waals surface area contributed by atoms with Gasteiger partial charge in [0, 0.05) is 45.0 Å². The van der Waals surface area contributed by atoms with Crippen LogP contribution in [0.4, 0.5) is 10.8 Å². The monoisotopic (exact) mass is 491 g/mol. The van der Waals surface area contributed by atoms with E-state index >= 15 is 0 Å². The normalized spacial score (nSPS) is 15.1. The molecule has 1 fully saturated rings. The Balaban J connectivity index is 1.18. The minimum Gasteiger partial charge on any atom is -0.295 e. The van der Waals surface area contributed by atoms with Gasteiger partial charge in [-0.15, -0.1) is 22.7 Å². The number of carbonyl (C=O) groups is 1. The molecule has 4 aromatic rings. The molecule has 1 amide bonds. The van der Waals surface area contributed by atoms with Crippen molar-refractivity contribution in [2.75, 3.05) is 31.1 Å². The molecule has 5 rings (SSSR count). The van der Waals surface area contributed by atoms with Crippen LogP contribution in [0, 0.1) is 0 Å². The van der Waals surface area contributed by atoms with Crippen LogP contribution in [0.5, 0.6) is 0 Å². The molecule has 3 heterocycles. The molecule has 0 saturated carbocycles. The summed E-state index contributed by atoms with van der Waals surface area (Å²) in [6.07, 6.45) is 0.982. The van der Waals surface area contributed by atoms with Gasteiger partial charge >= 0.3 is 0 Å². The quantitative estimate of drug-likeness (QED) is 0.350. The molecule has 6 nitrogen and oxygen atoms in total. The van der Waals surface area contributed by atoms with Gasteiger partial charge in [-0.05, 0) is 36.2 Å². The average molecular weight is 492 g/mol. The van der Waals surface area contributed by atoms with Crippen LogP contribution in [-0.4, -0.2) is 51.9 Å². The van der Waals surface area contributed by atoms with E-state index < -0.39 is 0 Å². The third-order valence-electron chi connectivity index (χ3n) is 6.20. The SMILES string of the molecule is CCc1ccc(N(C(C)=O)c2nc(CN3CCN(Cc4nc5ccccc5s4)CC3)cs2)cc1. The van der Waals surface area contributed by atoms with E-state index in [1.807, 2.05) is 18.2 Å². The largest absolute Gasteiger partial charge is 0.295 e. The van der Waals surface area contributed by atoms with E-state index in [4.69, 9.17) is 9.97 Å². The summed E-state index contributed by atoms with van der Waals surface area (Å²) in [6, 6.07) is 16.5. The van der Waals surface area contributed by atoms with Crippen LogP contribution in [0.3, 0.4) is 0 Å². The second kappa shape index (κ2) is 10.3. The number of fused-ring (bicyclic) bond motifs is 1. The van der Waals surface area contributed by atoms with Crippen LogP contribution in [0.2, 0.25) is 0 Å². The van der Waals surface area contributed by atoms with Gasteiger partial charge in [0.2, 0.25) is 5.91 Å². The number of anilines is 2. The first-order valence-corrected chi connectivity index (χ1v) is 13.4. The Morgan fingerprint density at radius 3 is 2.35 bits per heavy atom. The highest BCUT2D eigenvalue weighted by Gasteiger charge is 2.21. The lowest BCUT2D eigenvalue weighted by Crippen LogP contribution is -2.45. The Bertz CT molecular complexity index is 1220. The second-order valence-corrected chi connectivity index (χ2v) is 10.6. The van der Waals surface area contributed by atoms with Crippen molar-refractivity contribution in [1.29, 1.82) is 0 Å². The Hall–Kier alpha value is -2.65. The van der Waals surface area contributed by atoms with Gasteiger partial charge in [-0.3, -0.25) is 19.5 Å². The molecular formula is C26H29N5OS2. The van der Waals surface area contributed by atoms with Crippen LogP contribution in [-0.2, 0) is 24.3 Å². The summed E-state index contributed by atoms with van der Waals surface area (Å²) in [5.41, 5.74) is 4.25. The molecule has 0 spiro atoms. The summed E-state index contributed by atoms with van der Waals surface area (Å²) < 4.78 is 1.26. The molecule has 0 N–H and O–H groups in total. The summed E-state index contributed by atoms with van der Waals surface area (Å²) in [4.78, 5) is 28.7. The van der Waals surface area contributed by atoms with E-state index in [1.54, 1.807) is 23.2 Å². The van der Waals surface area contributed by atoms with Gasteiger partial charge in [-0.1, -0.05) is 31.2 Å². The van der Waals surface area contributed by atoms with Crippen molar-refractivity contribution in [2.24, 2.45) is 0 Å². The predicted molar refractivity (Wildman–Crippen MR) is 141 cm³/mol. The Labute approximate surface area is 208 Å². The highest BCUT2D eigenvalue weighted by molar-refractivity contribution is 7.18. The fraction of sp³-hybridized carbons (Fsp3) is 0.346. The standard InChI is InChI=1S/C26H29N5OS2/c1-3-20-8-10-22(11-9-20)31(19(2)32)26-27-21(18-33-26)16-29-12-14-30(15-13-29)17-25-28-23-6-4-5-7-24(23)34-25/h4-11,18H,3,12-17H2,1-2H3. The molecule has 8 heteroatoms. The van der Waals surface area contributed by atoms with Crippen molar-refractivity contribution in [2.45, 2.75) is 33.4 Å². The molecule has 176 valence electrons. The minimum atomic E-state index is -0.0198. The molecular weight excluding hydrogens is 462 g/mol. The van der Waals surface area contributed by atoms with Crippen molar-refractivity contribution in [3.63, 3.8) is 0 Å². The molecule has 0 aliphatic carbocycles. The first kappa shape index (κ1) is 23.1. The van der Waals surface area contributed by atoms with Crippen LogP contribution >= 0.6 is 22.7 Å². The van der Waals surface area contributed by atoms with Gasteiger partial charge in [-0.2, -0.15) is 0 Å². The average Bonchev–Trinajstić information content (AvgIpc) is 3.47. The number of aromatic nitrogens is 2. The van der Waals surface area contributed by atoms with Crippen molar-refractivity contribution >= 4 is 49.6 Å². The summed E-state index contributed by atoms with van der Waals surface area (Å²) in [5.74, 6) is -0.0198. The van der Waals surface area contributed by atoms with Crippen molar-refractivity contribution in [1.82, 2.24) is 19.8 Å². The van der Waals surface area contributed by atoms with Gasteiger partial charge in [0.15, 0.2) is 5.13 Å². The van der Waals surface area contributed by atoms with Gasteiger partial charge < -0.3 is 0 Å². The predicted octanol–water partition coefficient (Wildman–Crippen LogP) is 5.32. The summed E-state index contributed by atoms with van der Waals surface area (Å²) in [6.45, 7) is 9.52. The Kier molecular flexibility index (Phi) is 7.01. The number of carbonyl (C=O) groups excluding carboxylic acids is 1. The van der Waals surface area contributed by atoms with Crippen LogP contribution in [0.15, 0.2) is 53.9 Å². The topological polar surface area (TPSA) is 52.6 Å². The molecule has 0 bridgehead atoms. The number of hydrogen-bond acceptors (Lipinski definition) is 7. The molecule has 1 aliphatic rings. The molecule has 34 heavy (non-hydrogen) atoms. The highest BCUT2D eigenvalue weighted by Crippen LogP contribution is 2.30. The summed E-state index contributed by atoms with van der Waals surface area (Å²) >= 11 is 3.33. The van der Waals surface area contributed by atoms with Gasteiger partial charge in [-0.25, -0.2) is 9.97 Å². The first-order chi connectivity index (χ1) is 16.6. The van der Waals surface area contributed by atoms with E-state index in [2.05, 4.69) is 52.4 Å². The van der Waals surface area contributed by atoms with Crippen molar-refractivity contribution < 1.29 is 4.79 Å². The minimum absolute atomic E-state index is 0.0198. The van der Waals surface area contributed by atoms with E-state index in [0.717, 1.165) is 67.7 Å². The zero-order chi connectivity index (χ0) is 23.5. The van der Waals surface area contributed by atoms with Gasteiger partial charge in [0.1, 0.15) is 5.01 Å². The first-order valence-electron chi connectivity index (χ1n) is 11.7. The smallest absolute Gasteiger partial charge is 0.230 e. The fourth-order valence-electron chi connectivity index (χ4n) is 4.29. The maximum absolute atomic E-state index is 12.4. The zero-order valence-electron chi connectivity index (χ0n) is 19.6. The molecule has 2 aromatic heterocycles. The molecule has 0 atom stereocenters. The molecule has 2 aromatic carbocycles. The molecule has 1 aliphatic heterocycles. The number of benzene rings is 2. The third kappa shape index (κ3) is 5.20. The third-order valence-corrected chi connectivity index (χ3v) is 8.09. The molecule has 0 unspecified atom stereocenters. The van der Waals surface area contributed by atoms with Crippen molar-refractivity contribution in [3.8, 4) is 0 Å². The zero-order valence-corrected chi connectivity index (χ0v) is 21.2. The lowest BCUT2D eigenvalue weighted by molar-refractivity contribution is -0.115. The second-order valence-electron chi connectivity index (χ2n) is 8.62. The summed E-state index contributed by atoms with van der Waals surface area (Å²) in [5, 5.41) is 4.01. The summed E-state index contributed by atoms with van der Waals surface area (Å²) in [7, 11) is 0. The number of thiazole rings is 2. The number of nitrogens with zero attached hydrogens (tertiary/aromatic N) is 5. The lowest BCUT2D eigenvalue weighted by Gasteiger charge is -2.33. The number of rotatable bonds is 7. The van der Waals surface area contributed by atoms with E-state index in [0.29, 0.717) is 0 Å². The van der Waals surface area contributed by atoms with Crippen LogP contribution in [0.25, 0.3) is 10.2 Å². The lowest BCUT2D eigenvalue weighted by atomic mass is 10.1. The maximum atomic E-state index is 12.4. The highest BCUT2D eigenvalue weighted by atomic mass is 32.1. The number of amides is 1. The molecule has 0 radical (unpaired) electrons. The van der Waals surface area contributed by atoms with Gasteiger partial charge in [0.05, 0.1) is 28.1 Å². The number of piperazine rings is 1. The van der Waals surface area contributed by atoms with E-state index in [1.165, 1.54) is 26.6 Å². The van der Waals surface area contributed by atoms with Crippen molar-refractivity contribution in [3.05, 3.63) is 70.2 Å². The van der Waals surface area contributed by atoms with E-state index in [-0.39, 0.29) is 5.91 Å². The van der Waals surface area contributed by atoms with Crippen LogP contribution < -0.4 is 4.90 Å². The fourth-order valence-corrected chi connectivity index (χ4v) is 6.18. The Morgan fingerprint density at radius 1 is 0.971 bits per heavy atom. The van der Waals surface area contributed by atoms with Gasteiger partial charge in [0.25, 0.3) is 0 Å². The van der Waals surface area contributed by atoms with Crippen LogP contribution in [0.1, 0.15) is 30.1 Å². The number of aryl methyl sites for hydroxylation is 1. The maximum Gasteiger partial charge on any atom is 0.230 e. The van der Waals surface area contributed by atoms with E-state index in [9.17, 15) is 4.79 Å². The Morgan fingerprint density at radius 2 is 1.68 bits per heavy atom. The molecule has 1 saturated heterocycles. The number of para-hydroxylation sites is 1.